The van der Waals surface area contributed by atoms with Crippen LogP contribution in [0.4, 0.5) is 5.69 Å². The Morgan fingerprint density at radius 2 is 1.79 bits per heavy atom. The van der Waals surface area contributed by atoms with E-state index in [1.165, 1.54) is 37.6 Å². The minimum absolute atomic E-state index is 0.109. The Bertz CT molecular complexity index is 1920. The van der Waals surface area contributed by atoms with Crippen molar-refractivity contribution in [2.75, 3.05) is 7.11 Å². The fourth-order valence-corrected chi connectivity index (χ4v) is 5.92. The van der Waals surface area contributed by atoms with Gasteiger partial charge in [0.25, 0.3) is 11.6 Å². The van der Waals surface area contributed by atoms with Crippen LogP contribution in [0.5, 0.6) is 11.5 Å². The summed E-state index contributed by atoms with van der Waals surface area (Å²) in [5.41, 5.74) is 4.88. The van der Waals surface area contributed by atoms with Crippen LogP contribution < -0.4 is 14.9 Å². The number of amides is 1. The topological polar surface area (TPSA) is 136 Å². The molecule has 0 atom stereocenters. The lowest BCUT2D eigenvalue weighted by atomic mass is 10.0. The fourth-order valence-electron chi connectivity index (χ4n) is 4.35. The van der Waals surface area contributed by atoms with E-state index in [2.05, 4.69) is 47.4 Å². The maximum atomic E-state index is 13.5. The number of halogens is 3. The molecule has 0 spiro atoms. The van der Waals surface area contributed by atoms with E-state index >= 15 is 0 Å². The largest absolute Gasteiger partial charge is 0.495 e. The summed E-state index contributed by atoms with van der Waals surface area (Å²) in [6.45, 7) is 0. The van der Waals surface area contributed by atoms with Gasteiger partial charge in [0.15, 0.2) is 5.75 Å². The van der Waals surface area contributed by atoms with Crippen molar-refractivity contribution in [3.05, 3.63) is 120 Å². The molecule has 5 rings (SSSR count). The van der Waals surface area contributed by atoms with E-state index in [0.717, 1.165) is 5.39 Å². The predicted octanol–water partition coefficient (Wildman–Crippen LogP) is 7.91. The van der Waals surface area contributed by atoms with Gasteiger partial charge in [-0.2, -0.15) is 5.10 Å². The molecule has 0 aliphatic rings. The highest BCUT2D eigenvalue weighted by molar-refractivity contribution is 9.11. The first-order valence-electron chi connectivity index (χ1n) is 12.4. The number of rotatable bonds is 8. The Balaban J connectivity index is 1.45. The molecule has 10 nitrogen and oxygen atoms in total. The van der Waals surface area contributed by atoms with Crippen LogP contribution in [0.25, 0.3) is 22.0 Å². The van der Waals surface area contributed by atoms with Crippen LogP contribution >= 0.6 is 43.5 Å². The van der Waals surface area contributed by atoms with Gasteiger partial charge in [0.1, 0.15) is 11.4 Å². The number of carbonyl (C=O) groups is 2. The van der Waals surface area contributed by atoms with Crippen molar-refractivity contribution in [1.82, 2.24) is 10.4 Å². The fraction of sp³-hybridized carbons (Fsp3) is 0.0333. The second-order valence-electron chi connectivity index (χ2n) is 8.94. The van der Waals surface area contributed by atoms with Gasteiger partial charge in [0.2, 0.25) is 0 Å². The van der Waals surface area contributed by atoms with Gasteiger partial charge in [-0.05, 0) is 52.3 Å². The second kappa shape index (κ2) is 12.8. The number of hydrazone groups is 1. The number of benzene rings is 4. The zero-order chi connectivity index (χ0) is 30.7. The summed E-state index contributed by atoms with van der Waals surface area (Å²) < 4.78 is 12.2. The Hall–Kier alpha value is -4.52. The molecule has 1 heterocycles. The molecule has 216 valence electrons. The molecule has 0 radical (unpaired) electrons. The molecule has 0 fully saturated rings. The number of nitro groups is 1. The monoisotopic (exact) mass is 724 g/mol. The number of nitrogens with zero attached hydrogens (tertiary/aromatic N) is 2. The van der Waals surface area contributed by atoms with Crippen LogP contribution in [0.3, 0.4) is 0 Å². The lowest BCUT2D eigenvalue weighted by Gasteiger charge is -2.11. The number of ether oxygens (including phenoxy) is 2. The summed E-state index contributed by atoms with van der Waals surface area (Å²) in [4.78, 5) is 39.8. The highest BCUT2D eigenvalue weighted by Crippen LogP contribution is 2.39. The number of hydrogen-bond donors (Lipinski definition) is 2. The van der Waals surface area contributed by atoms with Gasteiger partial charge in [-0.15, -0.1) is 0 Å². The van der Waals surface area contributed by atoms with Crippen LogP contribution in [0.2, 0.25) is 5.02 Å². The average Bonchev–Trinajstić information content (AvgIpc) is 3.38. The molecule has 5 aromatic rings. The Kier molecular flexibility index (Phi) is 8.90. The Morgan fingerprint density at radius 3 is 2.49 bits per heavy atom. The molecule has 1 amide bonds. The zero-order valence-corrected chi connectivity index (χ0v) is 26.0. The van der Waals surface area contributed by atoms with E-state index in [0.29, 0.717) is 41.9 Å². The quantitative estimate of drug-likeness (QED) is 0.0549. The van der Waals surface area contributed by atoms with E-state index in [9.17, 15) is 19.7 Å². The van der Waals surface area contributed by atoms with Gasteiger partial charge in [-0.25, -0.2) is 10.2 Å². The summed E-state index contributed by atoms with van der Waals surface area (Å²) in [6, 6.07) is 21.0. The minimum atomic E-state index is -0.743. The molecule has 13 heteroatoms. The third-order valence-corrected chi connectivity index (χ3v) is 7.68. The minimum Gasteiger partial charge on any atom is -0.495 e. The van der Waals surface area contributed by atoms with Crippen LogP contribution in [0.1, 0.15) is 26.4 Å². The molecule has 43 heavy (non-hydrogen) atoms. The van der Waals surface area contributed by atoms with Crippen molar-refractivity contribution in [2.45, 2.75) is 0 Å². The number of nitrogens with one attached hydrogen (secondary N) is 2. The van der Waals surface area contributed by atoms with Gasteiger partial charge in [-0.3, -0.25) is 14.9 Å². The maximum absolute atomic E-state index is 13.5. The van der Waals surface area contributed by atoms with Crippen molar-refractivity contribution in [3.8, 4) is 22.6 Å². The number of aromatic nitrogens is 1. The number of fused-ring (bicyclic) bond motifs is 1. The molecule has 2 N–H and O–H groups in total. The predicted molar refractivity (Wildman–Crippen MR) is 170 cm³/mol. The van der Waals surface area contributed by atoms with Crippen molar-refractivity contribution in [3.63, 3.8) is 0 Å². The standard InChI is InChI=1S/C30H19Br2ClN4O6/c1-42-24-8-4-6-21-25(20-5-2-3-7-23(20)33)27(35-26(21)24)29(38)36-34-15-17-13-18(31)14-22(32)28(17)43-30(39)16-9-11-19(12-10-16)37(40)41/h2-15,35H,1H3,(H,36,38). The first-order chi connectivity index (χ1) is 20.7. The highest BCUT2D eigenvalue weighted by Gasteiger charge is 2.23. The van der Waals surface area contributed by atoms with Crippen molar-refractivity contribution >= 4 is 78.1 Å². The van der Waals surface area contributed by atoms with E-state index in [4.69, 9.17) is 21.1 Å². The van der Waals surface area contributed by atoms with Crippen molar-refractivity contribution in [2.24, 2.45) is 5.10 Å². The average molecular weight is 727 g/mol. The molecule has 0 bridgehead atoms. The number of para-hydroxylation sites is 1. The van der Waals surface area contributed by atoms with Crippen molar-refractivity contribution in [1.29, 1.82) is 0 Å². The molecule has 0 saturated heterocycles. The Morgan fingerprint density at radius 1 is 1.05 bits per heavy atom. The second-order valence-corrected chi connectivity index (χ2v) is 11.1. The van der Waals surface area contributed by atoms with Gasteiger partial charge < -0.3 is 14.5 Å². The van der Waals surface area contributed by atoms with Gasteiger partial charge in [0, 0.05) is 43.7 Å². The summed E-state index contributed by atoms with van der Waals surface area (Å²) in [7, 11) is 1.54. The number of esters is 1. The molecule has 0 unspecified atom stereocenters. The van der Waals surface area contributed by atoms with Crippen LogP contribution in [-0.4, -0.2) is 35.1 Å². The summed E-state index contributed by atoms with van der Waals surface area (Å²) in [6.07, 6.45) is 1.32. The highest BCUT2D eigenvalue weighted by atomic mass is 79.9. The Labute approximate surface area is 266 Å². The number of methoxy groups -OCH3 is 1. The van der Waals surface area contributed by atoms with Crippen LogP contribution in [0, 0.1) is 10.1 Å². The molecular formula is C30H19Br2ClN4O6. The van der Waals surface area contributed by atoms with Gasteiger partial charge in [0.05, 0.1) is 33.8 Å². The zero-order valence-electron chi connectivity index (χ0n) is 22.1. The van der Waals surface area contributed by atoms with Crippen molar-refractivity contribution < 1.29 is 24.0 Å². The van der Waals surface area contributed by atoms with E-state index in [1.54, 1.807) is 30.3 Å². The molecular weight excluding hydrogens is 708 g/mol. The number of H-pyrrole nitrogens is 1. The number of carbonyl (C=O) groups excluding carboxylic acids is 2. The third-order valence-electron chi connectivity index (χ3n) is 6.30. The van der Waals surface area contributed by atoms with E-state index < -0.39 is 16.8 Å². The molecule has 0 aliphatic heterocycles. The smallest absolute Gasteiger partial charge is 0.343 e. The molecule has 1 aromatic heterocycles. The number of hydrogen-bond acceptors (Lipinski definition) is 7. The lowest BCUT2D eigenvalue weighted by Crippen LogP contribution is -2.19. The summed E-state index contributed by atoms with van der Waals surface area (Å²) in [5, 5.41) is 16.3. The lowest BCUT2D eigenvalue weighted by molar-refractivity contribution is -0.384. The first kappa shape index (κ1) is 30.0. The molecule has 4 aromatic carbocycles. The first-order valence-corrected chi connectivity index (χ1v) is 14.4. The van der Waals surface area contributed by atoms with Gasteiger partial charge >= 0.3 is 5.97 Å². The maximum Gasteiger partial charge on any atom is 0.343 e. The SMILES string of the molecule is COc1cccc2c(-c3ccccc3Cl)c(C(=O)NN=Cc3cc(Br)cc(Br)c3OC(=O)c3ccc([N+](=O)[O-])cc3)[nH]c12. The number of aromatic amines is 1. The molecule has 0 saturated carbocycles. The van der Waals surface area contributed by atoms with Gasteiger partial charge in [-0.1, -0.05) is 57.9 Å². The normalized spacial score (nSPS) is 11.1. The summed E-state index contributed by atoms with van der Waals surface area (Å²) in [5.74, 6) is -0.626. The third kappa shape index (κ3) is 6.31. The van der Waals surface area contributed by atoms with Crippen LogP contribution in [-0.2, 0) is 0 Å². The van der Waals surface area contributed by atoms with Crippen LogP contribution in [0.15, 0.2) is 92.9 Å². The number of nitro benzene ring substituents is 1. The summed E-state index contributed by atoms with van der Waals surface area (Å²) >= 11 is 13.3. The van der Waals surface area contributed by atoms with E-state index in [1.807, 2.05) is 24.3 Å². The molecule has 0 aliphatic carbocycles. The van der Waals surface area contributed by atoms with E-state index in [-0.39, 0.29) is 22.7 Å². The number of non-ortho nitro benzene ring substituents is 1.